The molecule has 10 heteroatoms. The largest absolute Gasteiger partial charge is 0.490 e. The van der Waals surface area contributed by atoms with Crippen molar-refractivity contribution in [2.75, 3.05) is 49.1 Å². The van der Waals surface area contributed by atoms with Gasteiger partial charge in [-0.15, -0.1) is 0 Å². The van der Waals surface area contributed by atoms with Crippen LogP contribution >= 0.6 is 0 Å². The summed E-state index contributed by atoms with van der Waals surface area (Å²) < 4.78 is 45.1. The van der Waals surface area contributed by atoms with E-state index in [-0.39, 0.29) is 4.90 Å². The van der Waals surface area contributed by atoms with Crippen molar-refractivity contribution in [3.63, 3.8) is 0 Å². The van der Waals surface area contributed by atoms with Crippen molar-refractivity contribution in [2.24, 2.45) is 0 Å². The number of aromatic nitrogens is 2. The van der Waals surface area contributed by atoms with Gasteiger partial charge in [-0.25, -0.2) is 18.4 Å². The van der Waals surface area contributed by atoms with Gasteiger partial charge in [-0.2, -0.15) is 0 Å². The molecule has 0 saturated carbocycles. The van der Waals surface area contributed by atoms with Gasteiger partial charge in [0.2, 0.25) is 5.95 Å². The third-order valence-corrected chi connectivity index (χ3v) is 6.17. The van der Waals surface area contributed by atoms with E-state index in [1.54, 1.807) is 19.9 Å². The minimum atomic E-state index is -3.84. The molecule has 1 aromatic carbocycles. The maximum atomic E-state index is 13.0. The summed E-state index contributed by atoms with van der Waals surface area (Å²) in [5.41, 5.74) is 1.52. The smallest absolute Gasteiger partial charge is 0.262 e. The van der Waals surface area contributed by atoms with Crippen molar-refractivity contribution in [1.82, 2.24) is 9.97 Å². The number of anilines is 2. The Kier molecular flexibility index (Phi) is 5.46. The number of morpholine rings is 1. The van der Waals surface area contributed by atoms with Gasteiger partial charge in [0.15, 0.2) is 11.5 Å². The monoisotopic (exact) mass is 420 g/mol. The van der Waals surface area contributed by atoms with Gasteiger partial charge >= 0.3 is 0 Å². The summed E-state index contributed by atoms with van der Waals surface area (Å²) in [7, 11) is -3.84. The first-order chi connectivity index (χ1) is 13.9. The van der Waals surface area contributed by atoms with Gasteiger partial charge < -0.3 is 19.1 Å². The molecule has 0 radical (unpaired) electrons. The SMILES string of the molecule is Cc1nc(N2CCOCC2)nc(C)c1NS(=O)(=O)c1ccc2c(c1)OCCCO2. The quantitative estimate of drug-likeness (QED) is 0.800. The summed E-state index contributed by atoms with van der Waals surface area (Å²) in [4.78, 5) is 11.1. The maximum Gasteiger partial charge on any atom is 0.262 e. The first kappa shape index (κ1) is 19.7. The molecule has 4 rings (SSSR count). The van der Waals surface area contributed by atoms with Gasteiger partial charge in [0.05, 0.1) is 48.4 Å². The highest BCUT2D eigenvalue weighted by Crippen LogP contribution is 2.33. The maximum absolute atomic E-state index is 13.0. The van der Waals surface area contributed by atoms with Crippen LogP contribution in [0.15, 0.2) is 23.1 Å². The Morgan fingerprint density at radius 3 is 2.31 bits per heavy atom. The minimum absolute atomic E-state index is 0.0952. The highest BCUT2D eigenvalue weighted by atomic mass is 32.2. The van der Waals surface area contributed by atoms with E-state index in [1.807, 2.05) is 4.90 Å². The summed E-state index contributed by atoms with van der Waals surface area (Å²) in [6.45, 7) is 7.23. The molecule has 29 heavy (non-hydrogen) atoms. The van der Waals surface area contributed by atoms with Gasteiger partial charge in [0.25, 0.3) is 10.0 Å². The Morgan fingerprint density at radius 1 is 0.966 bits per heavy atom. The molecule has 0 atom stereocenters. The van der Waals surface area contributed by atoms with Crippen molar-refractivity contribution in [3.05, 3.63) is 29.6 Å². The van der Waals surface area contributed by atoms with Crippen LogP contribution in [0.4, 0.5) is 11.6 Å². The fourth-order valence-electron chi connectivity index (χ4n) is 3.26. The third-order valence-electron chi connectivity index (χ3n) is 4.82. The topological polar surface area (TPSA) is 103 Å². The molecule has 156 valence electrons. The van der Waals surface area contributed by atoms with Crippen molar-refractivity contribution in [2.45, 2.75) is 25.2 Å². The third kappa shape index (κ3) is 4.23. The zero-order valence-corrected chi connectivity index (χ0v) is 17.3. The van der Waals surface area contributed by atoms with E-state index in [9.17, 15) is 8.42 Å². The second kappa shape index (κ2) is 8.03. The minimum Gasteiger partial charge on any atom is -0.490 e. The number of ether oxygens (including phenoxy) is 3. The molecule has 0 aliphatic carbocycles. The van der Waals surface area contributed by atoms with Gasteiger partial charge in [-0.1, -0.05) is 0 Å². The van der Waals surface area contributed by atoms with E-state index in [0.29, 0.717) is 74.0 Å². The molecule has 2 aliphatic rings. The number of nitrogens with zero attached hydrogens (tertiary/aromatic N) is 3. The van der Waals surface area contributed by atoms with Crippen LogP contribution < -0.4 is 19.1 Å². The lowest BCUT2D eigenvalue weighted by Gasteiger charge is -2.27. The Morgan fingerprint density at radius 2 is 1.62 bits per heavy atom. The predicted octanol–water partition coefficient (Wildman–Crippen LogP) is 1.89. The van der Waals surface area contributed by atoms with E-state index >= 15 is 0 Å². The lowest BCUT2D eigenvalue weighted by molar-refractivity contribution is 0.122. The average molecular weight is 420 g/mol. The highest BCUT2D eigenvalue weighted by Gasteiger charge is 2.23. The molecule has 0 spiro atoms. The Labute approximate surface area is 170 Å². The summed E-state index contributed by atoms with van der Waals surface area (Å²) in [5, 5.41) is 0. The van der Waals surface area contributed by atoms with Gasteiger partial charge in [-0.3, -0.25) is 4.72 Å². The van der Waals surface area contributed by atoms with Crippen molar-refractivity contribution in [1.29, 1.82) is 0 Å². The van der Waals surface area contributed by atoms with Crippen LogP contribution in [-0.4, -0.2) is 57.9 Å². The van der Waals surface area contributed by atoms with Crippen LogP contribution in [0, 0.1) is 13.8 Å². The van der Waals surface area contributed by atoms with Gasteiger partial charge in [0, 0.05) is 25.6 Å². The lowest BCUT2D eigenvalue weighted by Crippen LogP contribution is -2.37. The molecule has 3 heterocycles. The lowest BCUT2D eigenvalue weighted by atomic mass is 10.3. The summed E-state index contributed by atoms with van der Waals surface area (Å²) in [5.74, 6) is 1.56. The van der Waals surface area contributed by atoms with E-state index in [1.165, 1.54) is 12.1 Å². The Bertz CT molecular complexity index is 983. The normalized spacial score (nSPS) is 17.0. The Balaban J connectivity index is 1.60. The first-order valence-corrected chi connectivity index (χ1v) is 11.0. The molecule has 1 N–H and O–H groups in total. The second-order valence-electron chi connectivity index (χ2n) is 6.93. The van der Waals surface area contributed by atoms with Crippen molar-refractivity contribution in [3.8, 4) is 11.5 Å². The zero-order valence-electron chi connectivity index (χ0n) is 16.5. The predicted molar refractivity (Wildman–Crippen MR) is 107 cm³/mol. The molecule has 0 bridgehead atoms. The highest BCUT2D eigenvalue weighted by molar-refractivity contribution is 7.92. The van der Waals surface area contributed by atoms with E-state index in [4.69, 9.17) is 14.2 Å². The van der Waals surface area contributed by atoms with Crippen molar-refractivity contribution < 1.29 is 22.6 Å². The number of benzene rings is 1. The standard InChI is InChI=1S/C19H24N4O5S/c1-13-18(14(2)21-19(20-13)23-6-10-26-11-7-23)22-29(24,25)15-4-5-16-17(12-15)28-9-3-8-27-16/h4-5,12,22H,3,6-11H2,1-2H3. The number of hydrogen-bond acceptors (Lipinski definition) is 8. The van der Waals surface area contributed by atoms with Crippen LogP contribution in [0.2, 0.25) is 0 Å². The van der Waals surface area contributed by atoms with E-state index < -0.39 is 10.0 Å². The van der Waals surface area contributed by atoms with E-state index in [0.717, 1.165) is 6.42 Å². The zero-order chi connectivity index (χ0) is 20.4. The van der Waals surface area contributed by atoms with Gasteiger partial charge in [-0.05, 0) is 26.0 Å². The summed E-state index contributed by atoms with van der Waals surface area (Å²) in [6.07, 6.45) is 0.750. The summed E-state index contributed by atoms with van der Waals surface area (Å²) >= 11 is 0. The molecule has 9 nitrogen and oxygen atoms in total. The van der Waals surface area contributed by atoms with Crippen LogP contribution in [-0.2, 0) is 14.8 Å². The fraction of sp³-hybridized carbons (Fsp3) is 0.474. The first-order valence-electron chi connectivity index (χ1n) is 9.54. The number of nitrogens with one attached hydrogen (secondary N) is 1. The number of hydrogen-bond donors (Lipinski definition) is 1. The molecular formula is C19H24N4O5S. The van der Waals surface area contributed by atoms with E-state index in [2.05, 4.69) is 14.7 Å². The molecule has 1 aromatic heterocycles. The average Bonchev–Trinajstić information content (AvgIpc) is 2.96. The molecular weight excluding hydrogens is 396 g/mol. The second-order valence-corrected chi connectivity index (χ2v) is 8.62. The van der Waals surface area contributed by atoms with Crippen LogP contribution in [0.25, 0.3) is 0 Å². The molecule has 1 fully saturated rings. The van der Waals surface area contributed by atoms with Crippen LogP contribution in [0.1, 0.15) is 17.8 Å². The number of fused-ring (bicyclic) bond motifs is 1. The van der Waals surface area contributed by atoms with Crippen molar-refractivity contribution >= 4 is 21.7 Å². The molecule has 2 aromatic rings. The Hall–Kier alpha value is -2.59. The van der Waals surface area contributed by atoms with Crippen LogP contribution in [0.3, 0.4) is 0 Å². The number of aryl methyl sites for hydroxylation is 2. The molecule has 0 amide bonds. The summed E-state index contributed by atoms with van der Waals surface area (Å²) in [6, 6.07) is 4.60. The van der Waals surface area contributed by atoms with Gasteiger partial charge in [0.1, 0.15) is 0 Å². The number of sulfonamides is 1. The van der Waals surface area contributed by atoms with Crippen LogP contribution in [0.5, 0.6) is 11.5 Å². The molecule has 1 saturated heterocycles. The fourth-order valence-corrected chi connectivity index (χ4v) is 4.45. The molecule has 2 aliphatic heterocycles. The number of rotatable bonds is 4. The molecule has 0 unspecified atom stereocenters.